The molecule has 3 rings (SSSR count). The number of amides is 1. The minimum absolute atomic E-state index is 0.0600. The number of hydrogen-bond donors (Lipinski definition) is 1. The van der Waals surface area contributed by atoms with Crippen molar-refractivity contribution < 1.29 is 9.53 Å². The Kier molecular flexibility index (Phi) is 4.52. The molecule has 0 aromatic heterocycles. The van der Waals surface area contributed by atoms with Crippen molar-refractivity contribution in [3.63, 3.8) is 0 Å². The number of aryl methyl sites for hydroxylation is 1. The van der Waals surface area contributed by atoms with E-state index >= 15 is 0 Å². The molecule has 1 saturated heterocycles. The van der Waals surface area contributed by atoms with Crippen LogP contribution in [0.1, 0.15) is 36.8 Å². The number of carbonyl (C=O) groups is 1. The Labute approximate surface area is 135 Å². The SMILES string of the molecule is COc1ccc(/C=C2\SC(=NC3CCCC3)NC2=O)cc1C. The average molecular weight is 316 g/mol. The van der Waals surface area contributed by atoms with Crippen molar-refractivity contribution >= 4 is 28.9 Å². The Balaban J connectivity index is 1.76. The number of amidine groups is 1. The van der Waals surface area contributed by atoms with Crippen molar-refractivity contribution in [2.75, 3.05) is 7.11 Å². The van der Waals surface area contributed by atoms with Gasteiger partial charge in [-0.3, -0.25) is 9.79 Å². The van der Waals surface area contributed by atoms with Crippen LogP contribution in [0.15, 0.2) is 28.1 Å². The number of thioether (sulfide) groups is 1. The second-order valence-corrected chi connectivity index (χ2v) is 6.70. The van der Waals surface area contributed by atoms with Gasteiger partial charge in [-0.25, -0.2) is 0 Å². The van der Waals surface area contributed by atoms with Crippen LogP contribution >= 0.6 is 11.8 Å². The normalized spacial score (nSPS) is 22.5. The lowest BCUT2D eigenvalue weighted by atomic mass is 10.1. The number of methoxy groups -OCH3 is 1. The van der Waals surface area contributed by atoms with Crippen molar-refractivity contribution in [1.82, 2.24) is 5.32 Å². The monoisotopic (exact) mass is 316 g/mol. The zero-order valence-corrected chi connectivity index (χ0v) is 13.7. The molecule has 1 N–H and O–H groups in total. The summed E-state index contributed by atoms with van der Waals surface area (Å²) in [5.41, 5.74) is 2.05. The minimum atomic E-state index is -0.0600. The van der Waals surface area contributed by atoms with Crippen LogP contribution in [0.5, 0.6) is 5.75 Å². The van der Waals surface area contributed by atoms with Gasteiger partial charge in [-0.15, -0.1) is 0 Å². The van der Waals surface area contributed by atoms with Gasteiger partial charge in [0.05, 0.1) is 18.1 Å². The lowest BCUT2D eigenvalue weighted by Crippen LogP contribution is -2.21. The average Bonchev–Trinajstić information content (AvgIpc) is 3.10. The van der Waals surface area contributed by atoms with Gasteiger partial charge in [0.15, 0.2) is 5.17 Å². The van der Waals surface area contributed by atoms with Gasteiger partial charge in [0.2, 0.25) is 0 Å². The van der Waals surface area contributed by atoms with Gasteiger partial charge in [-0.1, -0.05) is 18.9 Å². The second-order valence-electron chi connectivity index (χ2n) is 5.67. The van der Waals surface area contributed by atoms with Crippen LogP contribution in [0, 0.1) is 6.92 Å². The summed E-state index contributed by atoms with van der Waals surface area (Å²) >= 11 is 1.44. The Bertz CT molecular complexity index is 646. The lowest BCUT2D eigenvalue weighted by molar-refractivity contribution is -0.115. The third-order valence-corrected chi connectivity index (χ3v) is 4.92. The van der Waals surface area contributed by atoms with Gasteiger partial charge in [-0.05, 0) is 60.9 Å². The molecular weight excluding hydrogens is 296 g/mol. The molecule has 4 nitrogen and oxygen atoms in total. The molecule has 1 aliphatic carbocycles. The molecule has 1 saturated carbocycles. The molecule has 1 heterocycles. The Morgan fingerprint density at radius 1 is 1.36 bits per heavy atom. The van der Waals surface area contributed by atoms with Crippen molar-refractivity contribution in [3.05, 3.63) is 34.2 Å². The van der Waals surface area contributed by atoms with E-state index in [0.29, 0.717) is 10.9 Å². The number of nitrogens with zero attached hydrogens (tertiary/aromatic N) is 1. The van der Waals surface area contributed by atoms with Crippen molar-refractivity contribution in [1.29, 1.82) is 0 Å². The van der Waals surface area contributed by atoms with Crippen LogP contribution in [0.3, 0.4) is 0 Å². The third-order valence-electron chi connectivity index (χ3n) is 3.99. The zero-order valence-electron chi connectivity index (χ0n) is 12.9. The summed E-state index contributed by atoms with van der Waals surface area (Å²) in [6.07, 6.45) is 6.67. The van der Waals surface area contributed by atoms with Crippen molar-refractivity contribution in [3.8, 4) is 5.75 Å². The summed E-state index contributed by atoms with van der Waals surface area (Å²) < 4.78 is 5.26. The molecule has 2 aliphatic rings. The van der Waals surface area contributed by atoms with Crippen LogP contribution < -0.4 is 10.1 Å². The maximum absolute atomic E-state index is 12.1. The highest BCUT2D eigenvalue weighted by atomic mass is 32.2. The number of rotatable bonds is 3. The molecule has 1 aliphatic heterocycles. The highest BCUT2D eigenvalue weighted by Crippen LogP contribution is 2.29. The molecule has 5 heteroatoms. The molecule has 0 unspecified atom stereocenters. The summed E-state index contributed by atoms with van der Waals surface area (Å²) in [5, 5.41) is 3.61. The molecule has 1 aromatic rings. The Morgan fingerprint density at radius 2 is 2.14 bits per heavy atom. The summed E-state index contributed by atoms with van der Waals surface area (Å²) in [5.74, 6) is 0.796. The van der Waals surface area contributed by atoms with Gasteiger partial charge in [0.1, 0.15) is 5.75 Å². The minimum Gasteiger partial charge on any atom is -0.496 e. The van der Waals surface area contributed by atoms with Crippen LogP contribution in [0.2, 0.25) is 0 Å². The van der Waals surface area contributed by atoms with Gasteiger partial charge in [0.25, 0.3) is 5.91 Å². The van der Waals surface area contributed by atoms with Crippen LogP contribution in [0.25, 0.3) is 6.08 Å². The molecule has 22 heavy (non-hydrogen) atoms. The molecule has 2 fully saturated rings. The van der Waals surface area contributed by atoms with E-state index in [1.54, 1.807) is 7.11 Å². The predicted molar refractivity (Wildman–Crippen MR) is 91.1 cm³/mol. The van der Waals surface area contributed by atoms with Gasteiger partial charge in [-0.2, -0.15) is 0 Å². The standard InChI is InChI=1S/C17H20N2O2S/c1-11-9-12(7-8-14(11)21-2)10-15-16(20)19-17(22-15)18-13-5-3-4-6-13/h7-10,13H,3-6H2,1-2H3,(H,18,19,20)/b15-10-. The molecule has 116 valence electrons. The molecule has 1 amide bonds. The Morgan fingerprint density at radius 3 is 2.82 bits per heavy atom. The number of nitrogens with one attached hydrogen (secondary N) is 1. The van der Waals surface area contributed by atoms with Crippen LogP contribution in [0.4, 0.5) is 0 Å². The van der Waals surface area contributed by atoms with Crippen LogP contribution in [-0.4, -0.2) is 24.2 Å². The fourth-order valence-corrected chi connectivity index (χ4v) is 3.72. The van der Waals surface area contributed by atoms with E-state index in [2.05, 4.69) is 10.3 Å². The van der Waals surface area contributed by atoms with E-state index in [0.717, 1.165) is 34.9 Å². The molecule has 0 atom stereocenters. The predicted octanol–water partition coefficient (Wildman–Crippen LogP) is 3.51. The number of aliphatic imine (C=N–C) groups is 1. The highest BCUT2D eigenvalue weighted by Gasteiger charge is 2.25. The Hall–Kier alpha value is -1.75. The first-order chi connectivity index (χ1) is 10.7. The van der Waals surface area contributed by atoms with Crippen molar-refractivity contribution in [2.24, 2.45) is 4.99 Å². The number of carbonyl (C=O) groups excluding carboxylic acids is 1. The number of hydrogen-bond acceptors (Lipinski definition) is 4. The van der Waals surface area contributed by atoms with Crippen LogP contribution in [-0.2, 0) is 4.79 Å². The fourth-order valence-electron chi connectivity index (χ4n) is 2.83. The molecule has 0 radical (unpaired) electrons. The summed E-state index contributed by atoms with van der Waals surface area (Å²) in [7, 11) is 1.66. The van der Waals surface area contributed by atoms with E-state index < -0.39 is 0 Å². The summed E-state index contributed by atoms with van der Waals surface area (Å²) in [4.78, 5) is 17.4. The third kappa shape index (κ3) is 3.35. The zero-order chi connectivity index (χ0) is 15.5. The lowest BCUT2D eigenvalue weighted by Gasteiger charge is -2.05. The maximum atomic E-state index is 12.1. The molecule has 0 bridgehead atoms. The molecule has 0 spiro atoms. The topological polar surface area (TPSA) is 50.7 Å². The number of ether oxygens (including phenoxy) is 1. The quantitative estimate of drug-likeness (QED) is 0.868. The fraction of sp³-hybridized carbons (Fsp3) is 0.412. The largest absolute Gasteiger partial charge is 0.496 e. The first kappa shape index (κ1) is 15.2. The van der Waals surface area contributed by atoms with E-state index in [1.807, 2.05) is 31.2 Å². The first-order valence-corrected chi connectivity index (χ1v) is 8.40. The van der Waals surface area contributed by atoms with Gasteiger partial charge in [0, 0.05) is 0 Å². The second kappa shape index (κ2) is 6.57. The van der Waals surface area contributed by atoms with E-state index in [1.165, 1.54) is 24.6 Å². The molecular formula is C17H20N2O2S. The first-order valence-electron chi connectivity index (χ1n) is 7.59. The smallest absolute Gasteiger partial charge is 0.264 e. The summed E-state index contributed by atoms with van der Waals surface area (Å²) in [6.45, 7) is 2.00. The van der Waals surface area contributed by atoms with Gasteiger partial charge < -0.3 is 10.1 Å². The highest BCUT2D eigenvalue weighted by molar-refractivity contribution is 8.18. The van der Waals surface area contributed by atoms with E-state index in [-0.39, 0.29) is 5.91 Å². The molecule has 1 aromatic carbocycles. The van der Waals surface area contributed by atoms with Crippen molar-refractivity contribution in [2.45, 2.75) is 38.6 Å². The number of benzene rings is 1. The van der Waals surface area contributed by atoms with Gasteiger partial charge >= 0.3 is 0 Å². The maximum Gasteiger partial charge on any atom is 0.264 e. The van der Waals surface area contributed by atoms with E-state index in [9.17, 15) is 4.79 Å². The summed E-state index contributed by atoms with van der Waals surface area (Å²) in [6, 6.07) is 6.28. The van der Waals surface area contributed by atoms with E-state index in [4.69, 9.17) is 4.74 Å².